The molecule has 2 atom stereocenters. The molecule has 2 unspecified atom stereocenters. The van der Waals surface area contributed by atoms with E-state index in [0.29, 0.717) is 45.1 Å². The van der Waals surface area contributed by atoms with Gasteiger partial charge in [-0.3, -0.25) is 0 Å². The smallest absolute Gasteiger partial charge is 0.345 e. The topological polar surface area (TPSA) is 117 Å². The zero-order chi connectivity index (χ0) is 37.1. The van der Waals surface area contributed by atoms with Crippen LogP contribution < -0.4 is 9.47 Å². The summed E-state index contributed by atoms with van der Waals surface area (Å²) in [5, 5.41) is 10.6. The SMILES string of the molecule is CCOC(=O)C(F)c1c(-c2ccnc(OC)c2)cc(F)cc1C(C)C.CCOC(=O)C(O)c1c(-c2ccnc(OC)c2)cc(F)cc1C(C)C. The molecule has 0 bridgehead atoms. The maximum atomic E-state index is 15.0. The number of nitrogens with zero attached hydrogens (tertiary/aromatic N) is 2. The number of aromatic nitrogens is 2. The van der Waals surface area contributed by atoms with Crippen LogP contribution >= 0.6 is 0 Å². The molecule has 0 fully saturated rings. The molecule has 2 heterocycles. The van der Waals surface area contributed by atoms with Crippen LogP contribution in [0.15, 0.2) is 60.9 Å². The van der Waals surface area contributed by atoms with Gasteiger partial charge in [-0.2, -0.15) is 0 Å². The number of carbonyl (C=O) groups is 2. The van der Waals surface area contributed by atoms with Crippen molar-refractivity contribution >= 4 is 11.9 Å². The summed E-state index contributed by atoms with van der Waals surface area (Å²) in [4.78, 5) is 32.1. The summed E-state index contributed by atoms with van der Waals surface area (Å²) >= 11 is 0. The summed E-state index contributed by atoms with van der Waals surface area (Å²) in [7, 11) is 2.93. The van der Waals surface area contributed by atoms with Crippen LogP contribution in [0.5, 0.6) is 11.8 Å². The summed E-state index contributed by atoms with van der Waals surface area (Å²) < 4.78 is 63.3. The third-order valence-electron chi connectivity index (χ3n) is 7.64. The van der Waals surface area contributed by atoms with Crippen molar-refractivity contribution in [1.82, 2.24) is 9.97 Å². The van der Waals surface area contributed by atoms with Gasteiger partial charge < -0.3 is 24.1 Å². The first-order valence-corrected chi connectivity index (χ1v) is 16.1. The quantitative estimate of drug-likeness (QED) is 0.146. The van der Waals surface area contributed by atoms with Gasteiger partial charge >= 0.3 is 11.9 Å². The number of benzene rings is 2. The molecule has 2 aromatic heterocycles. The van der Waals surface area contributed by atoms with Crippen molar-refractivity contribution in [2.75, 3.05) is 27.4 Å². The van der Waals surface area contributed by atoms with Crippen LogP contribution in [0.4, 0.5) is 13.2 Å². The van der Waals surface area contributed by atoms with Crippen molar-refractivity contribution in [3.63, 3.8) is 0 Å². The summed E-state index contributed by atoms with van der Waals surface area (Å²) in [5.41, 5.74) is 3.21. The molecule has 268 valence electrons. The van der Waals surface area contributed by atoms with Crippen molar-refractivity contribution in [3.8, 4) is 34.0 Å². The van der Waals surface area contributed by atoms with Crippen LogP contribution in [-0.4, -0.2) is 54.4 Å². The standard InChI is InChI=1S/C19H21F2NO3.C19H22FNO4/c1-5-25-19(23)18(21)17-14(11(2)3)9-13(20)10-15(17)12-6-7-22-16(8-12)24-4;1-5-25-19(23)18(22)17-14(11(2)3)9-13(20)10-15(17)12-6-7-21-16(8-12)24-4/h6-11,18H,5H2,1-4H3;6-11,18,22H,5H2,1-4H3. The lowest BCUT2D eigenvalue weighted by molar-refractivity contribution is -0.153. The van der Waals surface area contributed by atoms with E-state index in [9.17, 15) is 27.9 Å². The molecule has 12 heteroatoms. The Morgan fingerprint density at radius 1 is 0.700 bits per heavy atom. The van der Waals surface area contributed by atoms with E-state index in [1.165, 1.54) is 50.9 Å². The second-order valence-corrected chi connectivity index (χ2v) is 11.7. The molecule has 9 nitrogen and oxygen atoms in total. The van der Waals surface area contributed by atoms with Gasteiger partial charge in [0.05, 0.1) is 27.4 Å². The first-order chi connectivity index (χ1) is 23.8. The first kappa shape index (κ1) is 39.5. The van der Waals surface area contributed by atoms with Gasteiger partial charge in [0.25, 0.3) is 0 Å². The maximum absolute atomic E-state index is 15.0. The molecule has 0 aliphatic heterocycles. The molecule has 0 amide bonds. The van der Waals surface area contributed by atoms with Crippen LogP contribution in [0.2, 0.25) is 0 Å². The van der Waals surface area contributed by atoms with Gasteiger partial charge in [0.2, 0.25) is 17.9 Å². The van der Waals surface area contributed by atoms with Gasteiger partial charge in [-0.05, 0) is 95.5 Å². The van der Waals surface area contributed by atoms with Crippen molar-refractivity contribution in [2.45, 2.75) is 65.7 Å². The van der Waals surface area contributed by atoms with Gasteiger partial charge in [-0.1, -0.05) is 27.7 Å². The summed E-state index contributed by atoms with van der Waals surface area (Å²) in [6, 6.07) is 11.6. The summed E-state index contributed by atoms with van der Waals surface area (Å²) in [6.45, 7) is 10.8. The third kappa shape index (κ3) is 9.59. The fourth-order valence-electron chi connectivity index (χ4n) is 5.35. The van der Waals surface area contributed by atoms with E-state index in [4.69, 9.17) is 18.9 Å². The lowest BCUT2D eigenvalue weighted by atomic mass is 9.87. The molecule has 0 radical (unpaired) electrons. The second kappa shape index (κ2) is 18.1. The van der Waals surface area contributed by atoms with Crippen molar-refractivity contribution in [3.05, 3.63) is 94.8 Å². The largest absolute Gasteiger partial charge is 0.481 e. The van der Waals surface area contributed by atoms with E-state index in [1.807, 2.05) is 27.7 Å². The Labute approximate surface area is 290 Å². The number of ether oxygens (including phenoxy) is 4. The average Bonchev–Trinajstić information content (AvgIpc) is 3.10. The zero-order valence-corrected chi connectivity index (χ0v) is 29.4. The number of alkyl halides is 1. The van der Waals surface area contributed by atoms with Gasteiger partial charge in [0.1, 0.15) is 11.6 Å². The number of hydrogen-bond donors (Lipinski definition) is 1. The maximum Gasteiger partial charge on any atom is 0.345 e. The van der Waals surface area contributed by atoms with Gasteiger partial charge in [-0.25, -0.2) is 32.7 Å². The fourth-order valence-corrected chi connectivity index (χ4v) is 5.35. The van der Waals surface area contributed by atoms with E-state index in [1.54, 1.807) is 38.1 Å². The lowest BCUT2D eigenvalue weighted by Crippen LogP contribution is -2.18. The van der Waals surface area contributed by atoms with Gasteiger partial charge in [-0.15, -0.1) is 0 Å². The zero-order valence-electron chi connectivity index (χ0n) is 29.4. The molecular formula is C38H43F3N2O7. The minimum atomic E-state index is -2.01. The Hall–Kier alpha value is -4.97. The number of aliphatic hydroxyl groups excluding tert-OH is 1. The van der Waals surface area contributed by atoms with Gasteiger partial charge in [0, 0.05) is 35.7 Å². The minimum absolute atomic E-state index is 0.0654. The van der Waals surface area contributed by atoms with Crippen molar-refractivity contribution < 1.29 is 46.8 Å². The highest BCUT2D eigenvalue weighted by atomic mass is 19.1. The molecule has 0 saturated carbocycles. The monoisotopic (exact) mass is 696 g/mol. The number of rotatable bonds is 12. The van der Waals surface area contributed by atoms with Crippen LogP contribution in [0.1, 0.15) is 87.9 Å². The van der Waals surface area contributed by atoms with E-state index in [0.717, 1.165) is 0 Å². The summed E-state index contributed by atoms with van der Waals surface area (Å²) in [6.07, 6.45) is -0.510. The Kier molecular flexibility index (Phi) is 14.3. The molecule has 50 heavy (non-hydrogen) atoms. The number of aliphatic hydroxyl groups is 1. The predicted molar refractivity (Wildman–Crippen MR) is 183 cm³/mol. The molecule has 0 saturated heterocycles. The molecule has 0 aliphatic carbocycles. The number of pyridine rings is 2. The Bertz CT molecular complexity index is 1650. The van der Waals surface area contributed by atoms with E-state index >= 15 is 0 Å². The third-order valence-corrected chi connectivity index (χ3v) is 7.64. The van der Waals surface area contributed by atoms with Crippen molar-refractivity contribution in [2.24, 2.45) is 0 Å². The molecule has 4 aromatic rings. The van der Waals surface area contributed by atoms with Crippen LogP contribution in [0.25, 0.3) is 22.3 Å². The number of carbonyl (C=O) groups excluding carboxylic acids is 2. The fraction of sp³-hybridized carbons (Fsp3) is 0.368. The highest BCUT2D eigenvalue weighted by Crippen LogP contribution is 2.39. The highest BCUT2D eigenvalue weighted by molar-refractivity contribution is 5.83. The predicted octanol–water partition coefficient (Wildman–Crippen LogP) is 8.21. The minimum Gasteiger partial charge on any atom is -0.481 e. The van der Waals surface area contributed by atoms with E-state index in [2.05, 4.69) is 9.97 Å². The Balaban J connectivity index is 0.000000270. The molecule has 0 aliphatic rings. The molecule has 0 spiro atoms. The average molecular weight is 697 g/mol. The molecule has 4 rings (SSSR count). The second-order valence-electron chi connectivity index (χ2n) is 11.7. The van der Waals surface area contributed by atoms with E-state index < -0.39 is 35.8 Å². The lowest BCUT2D eigenvalue weighted by Gasteiger charge is -2.21. The van der Waals surface area contributed by atoms with Crippen LogP contribution in [-0.2, 0) is 19.1 Å². The normalized spacial score (nSPS) is 12.1. The number of hydrogen-bond acceptors (Lipinski definition) is 9. The molecule has 2 aromatic carbocycles. The molecule has 1 N–H and O–H groups in total. The van der Waals surface area contributed by atoms with Crippen LogP contribution in [0.3, 0.4) is 0 Å². The first-order valence-electron chi connectivity index (χ1n) is 16.1. The number of methoxy groups -OCH3 is 2. The number of esters is 2. The number of halogens is 3. The van der Waals surface area contributed by atoms with E-state index in [-0.39, 0.29) is 36.2 Å². The summed E-state index contributed by atoms with van der Waals surface area (Å²) in [5.74, 6) is -2.33. The Morgan fingerprint density at radius 3 is 1.54 bits per heavy atom. The van der Waals surface area contributed by atoms with Crippen molar-refractivity contribution in [1.29, 1.82) is 0 Å². The highest BCUT2D eigenvalue weighted by Gasteiger charge is 2.30. The Morgan fingerprint density at radius 2 is 1.12 bits per heavy atom. The molecular weight excluding hydrogens is 653 g/mol. The van der Waals surface area contributed by atoms with Crippen LogP contribution in [0, 0.1) is 11.6 Å². The van der Waals surface area contributed by atoms with Gasteiger partial charge in [0.15, 0.2) is 6.10 Å².